The van der Waals surface area contributed by atoms with Crippen LogP contribution in [0.1, 0.15) is 11.1 Å². The van der Waals surface area contributed by atoms with Crippen molar-refractivity contribution in [1.82, 2.24) is 9.13 Å². The first kappa shape index (κ1) is 27.4. The molecule has 0 aliphatic rings. The molecule has 9 rings (SSSR count). The van der Waals surface area contributed by atoms with Gasteiger partial charge in [0.05, 0.1) is 51.0 Å². The maximum absolute atomic E-state index is 10.4. The Labute approximate surface area is 277 Å². The van der Waals surface area contributed by atoms with E-state index in [9.17, 15) is 10.5 Å². The number of benzene rings is 7. The zero-order valence-corrected chi connectivity index (χ0v) is 25.8. The standard InChI is InChI=1S/C44H26N4/c45-27-29-17-24-44(48-42-15-7-3-11-37(42)38-12-4-8-16-43(38)48)39(25-29)31-20-23-34(32(26-31)28-46)30-18-21-33(22-19-30)47-40-13-5-1-9-35(40)36-10-2-6-14-41(36)47/h1-26H. The normalized spacial score (nSPS) is 11.3. The Hall–Kier alpha value is -6.88. The predicted molar refractivity (Wildman–Crippen MR) is 195 cm³/mol. The van der Waals surface area contributed by atoms with Crippen molar-refractivity contribution in [2.24, 2.45) is 0 Å². The maximum atomic E-state index is 10.4. The van der Waals surface area contributed by atoms with E-state index in [1.807, 2.05) is 30.3 Å². The fourth-order valence-electron chi connectivity index (χ4n) is 7.26. The first-order chi connectivity index (χ1) is 23.7. The molecule has 222 valence electrons. The summed E-state index contributed by atoms with van der Waals surface area (Å²) in [6.45, 7) is 0. The quantitative estimate of drug-likeness (QED) is 0.199. The van der Waals surface area contributed by atoms with Gasteiger partial charge in [-0.3, -0.25) is 0 Å². The molecule has 48 heavy (non-hydrogen) atoms. The van der Waals surface area contributed by atoms with Gasteiger partial charge in [-0.25, -0.2) is 0 Å². The van der Waals surface area contributed by atoms with Crippen LogP contribution in [0.2, 0.25) is 0 Å². The molecule has 4 heteroatoms. The number of aromatic nitrogens is 2. The van der Waals surface area contributed by atoms with E-state index in [1.54, 1.807) is 0 Å². The van der Waals surface area contributed by atoms with E-state index in [0.717, 1.165) is 55.7 Å². The van der Waals surface area contributed by atoms with Gasteiger partial charge in [0.25, 0.3) is 0 Å². The lowest BCUT2D eigenvalue weighted by molar-refractivity contribution is 1.18. The number of nitriles is 2. The lowest BCUT2D eigenvalue weighted by Crippen LogP contribution is -1.98. The third-order valence-corrected chi connectivity index (χ3v) is 9.41. The minimum Gasteiger partial charge on any atom is -0.309 e. The molecule has 0 saturated heterocycles. The molecule has 0 aliphatic heterocycles. The molecule has 0 amide bonds. The lowest BCUT2D eigenvalue weighted by Gasteiger charge is -2.16. The zero-order valence-electron chi connectivity index (χ0n) is 25.8. The second-order valence-electron chi connectivity index (χ2n) is 12.0. The lowest BCUT2D eigenvalue weighted by atomic mass is 9.94. The molecule has 0 N–H and O–H groups in total. The Bertz CT molecular complexity index is 2690. The van der Waals surface area contributed by atoms with Gasteiger partial charge in [-0.1, -0.05) is 97.1 Å². The molecule has 0 fully saturated rings. The fraction of sp³-hybridized carbons (Fsp3) is 0. The van der Waals surface area contributed by atoms with Gasteiger partial charge in [0.2, 0.25) is 0 Å². The van der Waals surface area contributed by atoms with Crippen molar-refractivity contribution in [2.45, 2.75) is 0 Å². The number of para-hydroxylation sites is 4. The molecule has 4 nitrogen and oxygen atoms in total. The van der Waals surface area contributed by atoms with Gasteiger partial charge in [-0.05, 0) is 77.4 Å². The molecule has 0 bridgehead atoms. The summed E-state index contributed by atoms with van der Waals surface area (Å²) in [5, 5.41) is 25.1. The average Bonchev–Trinajstić information content (AvgIpc) is 3.67. The molecular weight excluding hydrogens is 585 g/mol. The van der Waals surface area contributed by atoms with Crippen LogP contribution in [-0.2, 0) is 0 Å². The van der Waals surface area contributed by atoms with E-state index in [4.69, 9.17) is 0 Å². The van der Waals surface area contributed by atoms with Crippen molar-refractivity contribution < 1.29 is 0 Å². The van der Waals surface area contributed by atoms with Crippen molar-refractivity contribution in [3.05, 3.63) is 169 Å². The molecule has 2 aromatic heterocycles. The highest BCUT2D eigenvalue weighted by molar-refractivity contribution is 6.10. The highest BCUT2D eigenvalue weighted by Gasteiger charge is 2.18. The number of hydrogen-bond acceptors (Lipinski definition) is 2. The number of fused-ring (bicyclic) bond motifs is 6. The first-order valence-electron chi connectivity index (χ1n) is 15.9. The second-order valence-corrected chi connectivity index (χ2v) is 12.0. The van der Waals surface area contributed by atoms with Gasteiger partial charge >= 0.3 is 0 Å². The van der Waals surface area contributed by atoms with Gasteiger partial charge in [0, 0.05) is 32.8 Å². The topological polar surface area (TPSA) is 57.4 Å². The average molecular weight is 611 g/mol. The molecule has 0 atom stereocenters. The minimum absolute atomic E-state index is 0.567. The van der Waals surface area contributed by atoms with Gasteiger partial charge in [-0.2, -0.15) is 10.5 Å². The fourth-order valence-corrected chi connectivity index (χ4v) is 7.26. The molecule has 2 heterocycles. The Kier molecular flexibility index (Phi) is 6.22. The van der Waals surface area contributed by atoms with Gasteiger partial charge < -0.3 is 9.13 Å². The number of nitrogens with zero attached hydrogens (tertiary/aromatic N) is 4. The molecule has 7 aromatic carbocycles. The third kappa shape index (κ3) is 4.14. The third-order valence-electron chi connectivity index (χ3n) is 9.41. The summed E-state index contributed by atoms with van der Waals surface area (Å²) in [6.07, 6.45) is 0. The van der Waals surface area contributed by atoms with Crippen LogP contribution in [0, 0.1) is 22.7 Å². The highest BCUT2D eigenvalue weighted by atomic mass is 15.0. The summed E-state index contributed by atoms with van der Waals surface area (Å²) >= 11 is 0. The minimum atomic E-state index is 0.567. The van der Waals surface area contributed by atoms with Crippen LogP contribution in [-0.4, -0.2) is 9.13 Å². The van der Waals surface area contributed by atoms with Crippen molar-refractivity contribution in [3.8, 4) is 45.8 Å². The Balaban J connectivity index is 1.17. The SMILES string of the molecule is N#Cc1ccc(-n2c3ccccc3c3ccccc32)c(-c2ccc(-c3ccc(-n4c5ccccc5c5ccccc54)cc3)c(C#N)c2)c1. The molecule has 9 aromatic rings. The summed E-state index contributed by atoms with van der Waals surface area (Å²) in [4.78, 5) is 0. The van der Waals surface area contributed by atoms with Gasteiger partial charge in [0.1, 0.15) is 0 Å². The van der Waals surface area contributed by atoms with Gasteiger partial charge in [0.15, 0.2) is 0 Å². The van der Waals surface area contributed by atoms with Crippen LogP contribution in [0.15, 0.2) is 158 Å². The van der Waals surface area contributed by atoms with E-state index in [2.05, 4.69) is 149 Å². The van der Waals surface area contributed by atoms with E-state index < -0.39 is 0 Å². The predicted octanol–water partition coefficient (Wildman–Crippen LogP) is 11.0. The Morgan fingerprint density at radius 1 is 0.396 bits per heavy atom. The molecule has 0 aliphatic carbocycles. The van der Waals surface area contributed by atoms with Crippen LogP contribution in [0.5, 0.6) is 0 Å². The van der Waals surface area contributed by atoms with Crippen LogP contribution < -0.4 is 0 Å². The summed E-state index contributed by atoms with van der Waals surface area (Å²) in [5.41, 5.74) is 11.3. The number of hydrogen-bond donors (Lipinski definition) is 0. The van der Waals surface area contributed by atoms with Crippen molar-refractivity contribution in [1.29, 1.82) is 10.5 Å². The maximum Gasteiger partial charge on any atom is 0.0998 e. The van der Waals surface area contributed by atoms with E-state index in [1.165, 1.54) is 21.5 Å². The molecule has 0 unspecified atom stereocenters. The van der Waals surface area contributed by atoms with E-state index in [-0.39, 0.29) is 0 Å². The van der Waals surface area contributed by atoms with Crippen molar-refractivity contribution in [3.63, 3.8) is 0 Å². The van der Waals surface area contributed by atoms with Gasteiger partial charge in [-0.15, -0.1) is 0 Å². The zero-order chi connectivity index (χ0) is 32.2. The molecule has 0 saturated carbocycles. The van der Waals surface area contributed by atoms with E-state index in [0.29, 0.717) is 11.1 Å². The van der Waals surface area contributed by atoms with E-state index >= 15 is 0 Å². The van der Waals surface area contributed by atoms with Crippen molar-refractivity contribution in [2.75, 3.05) is 0 Å². The Morgan fingerprint density at radius 2 is 0.896 bits per heavy atom. The molecule has 0 spiro atoms. The van der Waals surface area contributed by atoms with Crippen LogP contribution in [0.25, 0.3) is 77.2 Å². The summed E-state index contributed by atoms with van der Waals surface area (Å²) in [5.74, 6) is 0. The van der Waals surface area contributed by atoms with Crippen LogP contribution in [0.3, 0.4) is 0 Å². The highest BCUT2D eigenvalue weighted by Crippen LogP contribution is 2.38. The summed E-state index contributed by atoms with van der Waals surface area (Å²) < 4.78 is 4.55. The summed E-state index contributed by atoms with van der Waals surface area (Å²) in [7, 11) is 0. The molecular formula is C44H26N4. The van der Waals surface area contributed by atoms with Crippen LogP contribution >= 0.6 is 0 Å². The Morgan fingerprint density at radius 3 is 1.42 bits per heavy atom. The van der Waals surface area contributed by atoms with Crippen molar-refractivity contribution >= 4 is 43.6 Å². The monoisotopic (exact) mass is 610 g/mol. The summed E-state index contributed by atoms with van der Waals surface area (Å²) in [6, 6.07) is 58.8. The number of rotatable bonds is 4. The largest absolute Gasteiger partial charge is 0.309 e. The molecule has 0 radical (unpaired) electrons. The second kappa shape index (κ2) is 10.9. The first-order valence-corrected chi connectivity index (χ1v) is 15.9. The van der Waals surface area contributed by atoms with Crippen LogP contribution in [0.4, 0.5) is 0 Å². The smallest absolute Gasteiger partial charge is 0.0998 e.